The first-order valence-electron chi connectivity index (χ1n) is 11.4. The quantitative estimate of drug-likeness (QED) is 0.372. The third kappa shape index (κ3) is 4.91. The summed E-state index contributed by atoms with van der Waals surface area (Å²) in [4.78, 5) is 24.6. The summed E-state index contributed by atoms with van der Waals surface area (Å²) in [6.45, 7) is 1.58. The first kappa shape index (κ1) is 23.1. The van der Waals surface area contributed by atoms with E-state index in [2.05, 4.69) is 20.1 Å². The average molecular weight is 482 g/mol. The Balaban J connectivity index is 1.23. The van der Waals surface area contributed by atoms with Crippen molar-refractivity contribution in [3.63, 3.8) is 0 Å². The maximum Gasteiger partial charge on any atom is 0.150 e. The molecule has 35 heavy (non-hydrogen) atoms. The van der Waals surface area contributed by atoms with E-state index in [4.69, 9.17) is 10.5 Å². The Morgan fingerprint density at radius 1 is 1.31 bits per heavy atom. The second-order valence-electron chi connectivity index (χ2n) is 8.62. The predicted molar refractivity (Wildman–Crippen MR) is 125 cm³/mol. The third-order valence-electron chi connectivity index (χ3n) is 6.23. The molecular formula is C24H25F2N7O2. The molecular weight excluding hydrogens is 456 g/mol. The van der Waals surface area contributed by atoms with E-state index in [9.17, 15) is 13.6 Å². The summed E-state index contributed by atoms with van der Waals surface area (Å²) in [5, 5.41) is 5.39. The number of carbonyl (C=O) groups is 1. The molecule has 4 heterocycles. The number of ether oxygens (including phenoxy) is 1. The zero-order chi connectivity index (χ0) is 24.4. The molecule has 3 atom stereocenters. The Bertz CT molecular complexity index is 1320. The molecule has 1 aromatic carbocycles. The zero-order valence-electron chi connectivity index (χ0n) is 18.8. The van der Waals surface area contributed by atoms with Crippen molar-refractivity contribution >= 4 is 17.3 Å². The maximum absolute atomic E-state index is 15.0. The van der Waals surface area contributed by atoms with E-state index >= 15 is 0 Å². The molecule has 0 bridgehead atoms. The van der Waals surface area contributed by atoms with Crippen LogP contribution in [0.15, 0.2) is 49.2 Å². The van der Waals surface area contributed by atoms with Crippen LogP contribution < -0.4 is 10.5 Å². The molecule has 5 rings (SSSR count). The molecule has 11 heteroatoms. The van der Waals surface area contributed by atoms with E-state index in [1.54, 1.807) is 10.9 Å². The number of H-pyrrole nitrogens is 1. The second-order valence-corrected chi connectivity index (χ2v) is 8.62. The lowest BCUT2D eigenvalue weighted by atomic mass is 10.0. The highest BCUT2D eigenvalue weighted by Gasteiger charge is 2.32. The van der Waals surface area contributed by atoms with Crippen LogP contribution in [0.4, 0.5) is 8.78 Å². The molecule has 3 unspecified atom stereocenters. The van der Waals surface area contributed by atoms with Crippen molar-refractivity contribution in [1.82, 2.24) is 29.6 Å². The fraction of sp³-hybridized carbons (Fsp3) is 0.333. The Morgan fingerprint density at radius 3 is 3.00 bits per heavy atom. The average Bonchev–Trinajstić information content (AvgIpc) is 3.53. The summed E-state index contributed by atoms with van der Waals surface area (Å²) in [5.74, 6) is -0.445. The van der Waals surface area contributed by atoms with Crippen LogP contribution in [0, 0.1) is 5.82 Å². The van der Waals surface area contributed by atoms with Crippen molar-refractivity contribution in [2.75, 3.05) is 26.2 Å². The van der Waals surface area contributed by atoms with Gasteiger partial charge in [0.2, 0.25) is 0 Å². The van der Waals surface area contributed by atoms with Crippen LogP contribution in [0.5, 0.6) is 5.75 Å². The molecule has 9 nitrogen and oxygen atoms in total. The molecule has 1 aliphatic heterocycles. The highest BCUT2D eigenvalue weighted by molar-refractivity contribution is 5.89. The number of hydrogen-bond donors (Lipinski definition) is 2. The molecule has 0 amide bonds. The monoisotopic (exact) mass is 481 g/mol. The number of aromatic amines is 1. The molecule has 0 spiro atoms. The van der Waals surface area contributed by atoms with Gasteiger partial charge in [0, 0.05) is 61.2 Å². The van der Waals surface area contributed by atoms with Crippen LogP contribution in [0.3, 0.4) is 0 Å². The zero-order valence-corrected chi connectivity index (χ0v) is 18.8. The fourth-order valence-corrected chi connectivity index (χ4v) is 4.47. The molecule has 1 saturated heterocycles. The lowest BCUT2D eigenvalue weighted by molar-refractivity contribution is 0.0169. The lowest BCUT2D eigenvalue weighted by Gasteiger charge is -2.36. The summed E-state index contributed by atoms with van der Waals surface area (Å²) in [6.07, 6.45) is 5.90. The van der Waals surface area contributed by atoms with Crippen molar-refractivity contribution in [2.45, 2.75) is 24.7 Å². The van der Waals surface area contributed by atoms with Crippen molar-refractivity contribution < 1.29 is 18.3 Å². The van der Waals surface area contributed by atoms with Gasteiger partial charge >= 0.3 is 0 Å². The number of nitrogens with two attached hydrogens (primary N) is 1. The van der Waals surface area contributed by atoms with Crippen molar-refractivity contribution in [1.29, 1.82) is 0 Å². The third-order valence-corrected chi connectivity index (χ3v) is 6.23. The molecule has 0 aliphatic carbocycles. The molecule has 4 aromatic rings. The van der Waals surface area contributed by atoms with Gasteiger partial charge in [-0.15, -0.1) is 0 Å². The minimum absolute atomic E-state index is 0.149. The number of nitrogens with zero attached hydrogens (tertiary/aromatic N) is 5. The van der Waals surface area contributed by atoms with Crippen LogP contribution in [-0.2, 0) is 0 Å². The van der Waals surface area contributed by atoms with E-state index in [0.29, 0.717) is 32.3 Å². The van der Waals surface area contributed by atoms with Gasteiger partial charge in [-0.1, -0.05) is 0 Å². The van der Waals surface area contributed by atoms with Gasteiger partial charge < -0.3 is 15.5 Å². The number of hydrogen-bond acceptors (Lipinski definition) is 7. The van der Waals surface area contributed by atoms with Gasteiger partial charge in [-0.05, 0) is 24.6 Å². The molecule has 1 aliphatic rings. The molecule has 0 radical (unpaired) electrons. The van der Waals surface area contributed by atoms with E-state index in [0.717, 1.165) is 34.4 Å². The summed E-state index contributed by atoms with van der Waals surface area (Å²) in [7, 11) is 0. The predicted octanol–water partition coefficient (Wildman–Crippen LogP) is 2.76. The van der Waals surface area contributed by atoms with Gasteiger partial charge in [0.15, 0.2) is 0 Å². The molecule has 182 valence electrons. The van der Waals surface area contributed by atoms with E-state index in [1.807, 2.05) is 23.4 Å². The van der Waals surface area contributed by atoms with Crippen molar-refractivity contribution in [3.8, 4) is 17.0 Å². The topological polar surface area (TPSA) is 115 Å². The minimum Gasteiger partial charge on any atom is -0.487 e. The van der Waals surface area contributed by atoms with Crippen LogP contribution in [-0.4, -0.2) is 74.4 Å². The first-order chi connectivity index (χ1) is 17.0. The number of likely N-dealkylation sites (tertiary alicyclic amines) is 1. The fourth-order valence-electron chi connectivity index (χ4n) is 4.47. The summed E-state index contributed by atoms with van der Waals surface area (Å²) in [5.41, 5.74) is 8.56. The maximum atomic E-state index is 15.0. The van der Waals surface area contributed by atoms with Crippen LogP contribution in [0.25, 0.3) is 22.3 Å². The Hall–Kier alpha value is -3.70. The Labute approximate surface area is 199 Å². The molecule has 3 N–H and O–H groups in total. The molecule has 3 aromatic heterocycles. The smallest absolute Gasteiger partial charge is 0.150 e. The first-order valence-corrected chi connectivity index (χ1v) is 11.4. The molecule has 1 fully saturated rings. The van der Waals surface area contributed by atoms with E-state index in [1.165, 1.54) is 12.4 Å². The number of piperidine rings is 1. The number of aldehydes is 1. The Morgan fingerprint density at radius 2 is 2.20 bits per heavy atom. The summed E-state index contributed by atoms with van der Waals surface area (Å²) < 4.78 is 36.1. The van der Waals surface area contributed by atoms with Gasteiger partial charge in [0.25, 0.3) is 0 Å². The SMILES string of the molecule is NCC(CN1CCC(Oc2cc(F)cc(C=O)c2)C(F)C1)n1cc(-c2ncnc3[nH]ccc23)cn1. The second kappa shape index (κ2) is 9.88. The number of fused-ring (bicyclic) bond motifs is 1. The van der Waals surface area contributed by atoms with Gasteiger partial charge in [-0.2, -0.15) is 5.10 Å². The van der Waals surface area contributed by atoms with Crippen LogP contribution in [0.2, 0.25) is 0 Å². The van der Waals surface area contributed by atoms with Crippen molar-refractivity contribution in [2.24, 2.45) is 5.73 Å². The number of nitrogens with one attached hydrogen (secondary N) is 1. The van der Waals surface area contributed by atoms with Crippen LogP contribution >= 0.6 is 0 Å². The lowest BCUT2D eigenvalue weighted by Crippen LogP contribution is -2.49. The van der Waals surface area contributed by atoms with E-state index < -0.39 is 18.1 Å². The highest BCUT2D eigenvalue weighted by Crippen LogP contribution is 2.26. The standard InChI is InChI=1S/C24H25F2N7O2/c25-17-5-15(13-34)6-19(7-17)35-22-2-4-32(12-21(22)26)11-18(8-27)33-10-16(9-31-33)23-20-1-3-28-24(20)30-14-29-23/h1,3,5-7,9-10,13-14,18,21-22H,2,4,8,11-12,27H2,(H,28,29,30). The number of carbonyl (C=O) groups excluding carboxylic acids is 1. The molecule has 0 saturated carbocycles. The number of alkyl halides is 1. The van der Waals surface area contributed by atoms with Gasteiger partial charge in [-0.3, -0.25) is 14.4 Å². The van der Waals surface area contributed by atoms with Gasteiger partial charge in [0.1, 0.15) is 42.1 Å². The van der Waals surface area contributed by atoms with E-state index in [-0.39, 0.29) is 23.9 Å². The minimum atomic E-state index is -1.28. The number of aromatic nitrogens is 5. The van der Waals surface area contributed by atoms with Crippen molar-refractivity contribution in [3.05, 3.63) is 60.6 Å². The summed E-state index contributed by atoms with van der Waals surface area (Å²) >= 11 is 0. The largest absolute Gasteiger partial charge is 0.487 e. The van der Waals surface area contributed by atoms with Gasteiger partial charge in [-0.25, -0.2) is 18.7 Å². The van der Waals surface area contributed by atoms with Gasteiger partial charge in [0.05, 0.1) is 17.9 Å². The Kier molecular flexibility index (Phi) is 6.51. The normalized spacial score (nSPS) is 19.6. The number of benzene rings is 1. The van der Waals surface area contributed by atoms with Crippen LogP contribution in [0.1, 0.15) is 22.8 Å². The number of halogens is 2. The number of rotatable bonds is 8. The highest BCUT2D eigenvalue weighted by atomic mass is 19.1. The summed E-state index contributed by atoms with van der Waals surface area (Å²) in [6, 6.07) is 5.43.